The van der Waals surface area contributed by atoms with Crippen LogP contribution in [0.3, 0.4) is 0 Å². The van der Waals surface area contributed by atoms with Crippen LogP contribution in [0.15, 0.2) is 66.2 Å². The van der Waals surface area contributed by atoms with Crippen LogP contribution in [0.25, 0.3) is 21.9 Å². The second-order valence-corrected chi connectivity index (χ2v) is 11.8. The minimum atomic E-state index is -4.39. The minimum absolute atomic E-state index is 0.00595. The highest BCUT2D eigenvalue weighted by atomic mass is 31.2. The smallest absolute Gasteiger partial charge is 0.459 e. The average Bonchev–Trinajstić information content (AvgIpc) is 3.50. The number of nitrogens with zero attached hydrogens (tertiary/aromatic N) is 3. The van der Waals surface area contributed by atoms with E-state index in [1.54, 1.807) is 38.1 Å². The lowest BCUT2D eigenvalue weighted by atomic mass is 9.96. The molecule has 5 atom stereocenters. The fourth-order valence-corrected chi connectivity index (χ4v) is 5.99. The molecule has 0 bridgehead atoms. The van der Waals surface area contributed by atoms with Crippen molar-refractivity contribution in [1.29, 1.82) is 0 Å². The number of benzene rings is 2. The molecule has 43 heavy (non-hydrogen) atoms. The molecular weight excluding hydrogens is 583 g/mol. The maximum atomic E-state index is 14.1. The quantitative estimate of drug-likeness (QED) is 0.0927. The normalized spacial score (nSPS) is 23.4. The third kappa shape index (κ3) is 6.04. The lowest BCUT2D eigenvalue weighted by molar-refractivity contribution is -0.146. The summed E-state index contributed by atoms with van der Waals surface area (Å²) in [5.41, 5.74) is 3.15. The van der Waals surface area contributed by atoms with Gasteiger partial charge >= 0.3 is 13.7 Å². The van der Waals surface area contributed by atoms with Gasteiger partial charge in [0.15, 0.2) is 17.4 Å². The number of aliphatic hydroxyl groups excluding tert-OH is 2. The Morgan fingerprint density at radius 3 is 2.79 bits per heavy atom. The molecule has 0 aliphatic carbocycles. The highest BCUT2D eigenvalue weighted by molar-refractivity contribution is 7.52. The first-order chi connectivity index (χ1) is 20.4. The number of carbonyl (C=O) groups is 1. The van der Waals surface area contributed by atoms with Crippen molar-refractivity contribution in [3.8, 4) is 5.75 Å². The number of aromatic nitrogens is 4. The number of fused-ring (bicyclic) bond motifs is 2. The summed E-state index contributed by atoms with van der Waals surface area (Å²) in [6.45, 7) is 5.87. The lowest BCUT2D eigenvalue weighted by Crippen LogP contribution is -2.45. The molecule has 2 aromatic heterocycles. The van der Waals surface area contributed by atoms with Gasteiger partial charge < -0.3 is 29.9 Å². The summed E-state index contributed by atoms with van der Waals surface area (Å²) in [7, 11) is -4.39. The summed E-state index contributed by atoms with van der Waals surface area (Å²) >= 11 is 0. The van der Waals surface area contributed by atoms with E-state index in [-0.39, 0.29) is 22.9 Å². The fraction of sp³-hybridized carbons (Fsp3) is 0.333. The number of imidazole rings is 1. The van der Waals surface area contributed by atoms with Gasteiger partial charge in [-0.05, 0) is 25.3 Å². The van der Waals surface area contributed by atoms with E-state index in [9.17, 15) is 24.4 Å². The molecule has 0 radical (unpaired) electrons. The molecule has 0 saturated carbocycles. The van der Waals surface area contributed by atoms with Gasteiger partial charge in [0.2, 0.25) is 5.95 Å². The molecule has 0 amide bonds. The number of esters is 1. The van der Waals surface area contributed by atoms with Crippen LogP contribution >= 0.6 is 7.75 Å². The largest absolute Gasteiger partial charge is 0.462 e. The monoisotopic (exact) mass is 614 g/mol. The molecule has 3 heterocycles. The van der Waals surface area contributed by atoms with Crippen molar-refractivity contribution < 1.29 is 38.1 Å². The Bertz CT molecular complexity index is 1770. The number of anilines is 1. The van der Waals surface area contributed by atoms with Gasteiger partial charge in [-0.1, -0.05) is 42.5 Å². The standard InChI is InChI=1S/C27H31N6O9P/c1-4-27(22(36)21(35)25(41-27)33-14-29-20-23(33)31-26(28)32-24(20)37)13-39-43(38,30-12-19(34)40-15(2)3)42-18-11-7-9-16-8-5-6-10-17(16)18/h4-11,14-15,21-22,25,35-36H,1,12-13H2,2-3H3,(H,30,38)(H3,28,31,32,37)/t21-,22+,25-,27-,43?/m1/s1. The Morgan fingerprint density at radius 1 is 1.30 bits per heavy atom. The molecule has 1 aliphatic rings. The minimum Gasteiger partial charge on any atom is -0.462 e. The number of carbonyl (C=O) groups excluding carboxylic acids is 1. The number of nitrogen functional groups attached to an aromatic ring is 1. The van der Waals surface area contributed by atoms with Crippen LogP contribution in [0.5, 0.6) is 5.75 Å². The molecule has 1 saturated heterocycles. The molecule has 1 fully saturated rings. The number of hydrogen-bond donors (Lipinski definition) is 5. The number of nitrogens with one attached hydrogen (secondary N) is 2. The summed E-state index contributed by atoms with van der Waals surface area (Å²) in [6.07, 6.45) is -2.63. The Balaban J connectivity index is 1.43. The first kappa shape index (κ1) is 30.4. The Hall–Kier alpha value is -4.11. The van der Waals surface area contributed by atoms with Gasteiger partial charge in [0.05, 0.1) is 19.0 Å². The van der Waals surface area contributed by atoms with Gasteiger partial charge in [-0.25, -0.2) is 14.6 Å². The number of ether oxygens (including phenoxy) is 2. The SMILES string of the molecule is C=C[C@]1(COP(=O)(NCC(=O)OC(C)C)Oc2cccc3ccccc23)O[C@@H](n2cnc3c(=O)[nH]c(N)nc32)[C@H](O)[C@@H]1O. The number of nitrogens with two attached hydrogens (primary N) is 1. The molecule has 4 aromatic rings. The summed E-state index contributed by atoms with van der Waals surface area (Å²) in [5.74, 6) is -0.706. The van der Waals surface area contributed by atoms with Crippen LogP contribution in [0.4, 0.5) is 5.95 Å². The average molecular weight is 615 g/mol. The van der Waals surface area contributed by atoms with Crippen molar-refractivity contribution in [3.63, 3.8) is 0 Å². The number of hydrogen-bond acceptors (Lipinski definition) is 12. The number of H-pyrrole nitrogens is 1. The van der Waals surface area contributed by atoms with Crippen LogP contribution in [0.2, 0.25) is 0 Å². The molecule has 15 nitrogen and oxygen atoms in total. The summed E-state index contributed by atoms with van der Waals surface area (Å²) in [4.78, 5) is 34.9. The molecule has 228 valence electrons. The topological polar surface area (TPSA) is 213 Å². The third-order valence-electron chi connectivity index (χ3n) is 6.74. The molecule has 5 rings (SSSR count). The highest BCUT2D eigenvalue weighted by Gasteiger charge is 2.55. The van der Waals surface area contributed by atoms with Crippen LogP contribution < -0.4 is 20.9 Å². The van der Waals surface area contributed by atoms with Crippen molar-refractivity contribution in [3.05, 3.63) is 71.8 Å². The van der Waals surface area contributed by atoms with Crippen LogP contribution in [0.1, 0.15) is 20.1 Å². The first-order valence-electron chi connectivity index (χ1n) is 13.2. The van der Waals surface area contributed by atoms with E-state index < -0.39 is 62.6 Å². The van der Waals surface area contributed by atoms with Crippen LogP contribution in [0, 0.1) is 0 Å². The van der Waals surface area contributed by atoms with Gasteiger partial charge in [-0.2, -0.15) is 4.98 Å². The zero-order valence-electron chi connectivity index (χ0n) is 23.2. The van der Waals surface area contributed by atoms with Gasteiger partial charge in [0.25, 0.3) is 5.56 Å². The van der Waals surface area contributed by atoms with Crippen molar-refractivity contribution in [1.82, 2.24) is 24.6 Å². The summed E-state index contributed by atoms with van der Waals surface area (Å²) in [5, 5.41) is 26.0. The maximum Gasteiger partial charge on any atom is 0.459 e. The molecule has 16 heteroatoms. The summed E-state index contributed by atoms with van der Waals surface area (Å²) < 4.78 is 38.1. The highest BCUT2D eigenvalue weighted by Crippen LogP contribution is 2.49. The molecule has 6 N–H and O–H groups in total. The van der Waals surface area contributed by atoms with Crippen LogP contribution in [-0.4, -0.2) is 72.8 Å². The molecule has 0 spiro atoms. The Labute approximate surface area is 244 Å². The van der Waals surface area contributed by atoms with E-state index in [4.69, 9.17) is 24.3 Å². The number of rotatable bonds is 11. The van der Waals surface area contributed by atoms with Crippen molar-refractivity contribution >= 4 is 41.6 Å². The van der Waals surface area contributed by atoms with Gasteiger partial charge in [-0.15, -0.1) is 6.58 Å². The molecular formula is C27H31N6O9P. The second-order valence-electron chi connectivity index (χ2n) is 10.1. The van der Waals surface area contributed by atoms with E-state index in [1.807, 2.05) is 18.2 Å². The molecule has 2 aromatic carbocycles. The lowest BCUT2D eigenvalue weighted by Gasteiger charge is -2.30. The van der Waals surface area contributed by atoms with Gasteiger partial charge in [-0.3, -0.25) is 23.7 Å². The third-order valence-corrected chi connectivity index (χ3v) is 8.19. The summed E-state index contributed by atoms with van der Waals surface area (Å²) in [6, 6.07) is 12.3. The Morgan fingerprint density at radius 2 is 2.05 bits per heavy atom. The van der Waals surface area contributed by atoms with Gasteiger partial charge in [0, 0.05) is 5.39 Å². The van der Waals surface area contributed by atoms with E-state index >= 15 is 0 Å². The van der Waals surface area contributed by atoms with Gasteiger partial charge in [0.1, 0.15) is 30.1 Å². The van der Waals surface area contributed by atoms with Crippen LogP contribution in [-0.2, 0) is 23.4 Å². The second kappa shape index (κ2) is 11.9. The fourth-order valence-electron chi connectivity index (χ4n) is 4.67. The zero-order valence-corrected chi connectivity index (χ0v) is 24.1. The predicted molar refractivity (Wildman–Crippen MR) is 155 cm³/mol. The molecule has 1 unspecified atom stereocenters. The zero-order chi connectivity index (χ0) is 30.9. The predicted octanol–water partition coefficient (Wildman–Crippen LogP) is 1.78. The van der Waals surface area contributed by atoms with E-state index in [0.29, 0.717) is 5.39 Å². The first-order valence-corrected chi connectivity index (χ1v) is 14.8. The van der Waals surface area contributed by atoms with E-state index in [0.717, 1.165) is 5.39 Å². The van der Waals surface area contributed by atoms with E-state index in [1.165, 1.54) is 17.0 Å². The number of aromatic amines is 1. The molecule has 1 aliphatic heterocycles. The van der Waals surface area contributed by atoms with Crippen molar-refractivity contribution in [2.24, 2.45) is 0 Å². The van der Waals surface area contributed by atoms with Crippen molar-refractivity contribution in [2.75, 3.05) is 18.9 Å². The number of aliphatic hydroxyl groups is 2. The van der Waals surface area contributed by atoms with E-state index in [2.05, 4.69) is 26.6 Å². The van der Waals surface area contributed by atoms with Crippen molar-refractivity contribution in [2.45, 2.75) is 44.0 Å². The maximum absolute atomic E-state index is 14.1. The Kier molecular flexibility index (Phi) is 8.38.